The fourth-order valence-electron chi connectivity index (χ4n) is 1.87. The van der Waals surface area contributed by atoms with Crippen molar-refractivity contribution in [2.45, 2.75) is 32.9 Å². The predicted octanol–water partition coefficient (Wildman–Crippen LogP) is 3.33. The van der Waals surface area contributed by atoms with Gasteiger partial charge in [-0.2, -0.15) is 13.2 Å². The Morgan fingerprint density at radius 1 is 1.40 bits per heavy atom. The molecule has 0 heterocycles. The maximum Gasteiger partial charge on any atom is 0.416 e. The van der Waals surface area contributed by atoms with Crippen molar-refractivity contribution in [2.75, 3.05) is 11.9 Å². The van der Waals surface area contributed by atoms with Gasteiger partial charge >= 0.3 is 6.18 Å². The summed E-state index contributed by atoms with van der Waals surface area (Å²) in [6.45, 7) is 3.75. The van der Waals surface area contributed by atoms with Gasteiger partial charge in [0.05, 0.1) is 11.5 Å². The Morgan fingerprint density at radius 3 is 2.55 bits per heavy atom. The summed E-state index contributed by atoms with van der Waals surface area (Å²) < 4.78 is 37.9. The number of hydrogen-bond acceptors (Lipinski definition) is 2. The van der Waals surface area contributed by atoms with Crippen molar-refractivity contribution in [1.82, 2.24) is 0 Å². The number of hydrogen-bond donors (Lipinski definition) is 2. The lowest BCUT2D eigenvalue weighted by atomic mass is 10.0. The number of rotatable bonds is 5. The highest BCUT2D eigenvalue weighted by molar-refractivity contribution is 5.93. The van der Waals surface area contributed by atoms with Gasteiger partial charge in [0.1, 0.15) is 0 Å². The lowest BCUT2D eigenvalue weighted by Crippen LogP contribution is -2.29. The average molecular weight is 288 g/mol. The fourth-order valence-corrected chi connectivity index (χ4v) is 1.87. The number of benzene rings is 1. The van der Waals surface area contributed by atoms with Crippen molar-refractivity contribution in [1.29, 1.82) is 0 Å². The van der Waals surface area contributed by atoms with Crippen LogP contribution in [0.25, 0.3) is 0 Å². The average Bonchev–Trinajstić information content (AvgIpc) is 2.37. The third kappa shape index (κ3) is 4.23. The van der Waals surface area contributed by atoms with Crippen molar-refractivity contribution in [2.24, 2.45) is 11.7 Å². The molecule has 3 N–H and O–H groups in total. The van der Waals surface area contributed by atoms with E-state index < -0.39 is 11.7 Å². The van der Waals surface area contributed by atoms with Crippen LogP contribution in [0, 0.1) is 12.8 Å². The number of carbonyl (C=O) groups excluding carboxylic acids is 1. The van der Waals surface area contributed by atoms with E-state index in [9.17, 15) is 18.0 Å². The summed E-state index contributed by atoms with van der Waals surface area (Å²) >= 11 is 0. The van der Waals surface area contributed by atoms with E-state index in [4.69, 9.17) is 5.73 Å². The molecule has 1 amide bonds. The molecule has 0 radical (unpaired) electrons. The van der Waals surface area contributed by atoms with E-state index in [1.807, 2.05) is 6.92 Å². The van der Waals surface area contributed by atoms with Crippen molar-refractivity contribution < 1.29 is 18.0 Å². The molecule has 1 aromatic rings. The molecule has 0 saturated heterocycles. The van der Waals surface area contributed by atoms with E-state index >= 15 is 0 Å². The van der Waals surface area contributed by atoms with Gasteiger partial charge in [0.25, 0.3) is 0 Å². The minimum atomic E-state index is -4.43. The molecule has 0 saturated carbocycles. The van der Waals surface area contributed by atoms with Gasteiger partial charge in [-0.05, 0) is 31.0 Å². The van der Waals surface area contributed by atoms with E-state index in [2.05, 4.69) is 5.32 Å². The van der Waals surface area contributed by atoms with Gasteiger partial charge in [-0.1, -0.05) is 19.4 Å². The van der Waals surface area contributed by atoms with Crippen molar-refractivity contribution >= 4 is 11.6 Å². The maximum absolute atomic E-state index is 12.6. The second-order valence-corrected chi connectivity index (χ2v) is 4.74. The summed E-state index contributed by atoms with van der Waals surface area (Å²) in [5.41, 5.74) is 5.49. The van der Waals surface area contributed by atoms with Crippen molar-refractivity contribution in [3.63, 3.8) is 0 Å². The number of amides is 1. The Hall–Kier alpha value is -1.56. The summed E-state index contributed by atoms with van der Waals surface area (Å²) in [7, 11) is 0. The summed E-state index contributed by atoms with van der Waals surface area (Å²) in [4.78, 5) is 12.0. The lowest BCUT2D eigenvalue weighted by Gasteiger charge is -2.16. The molecule has 0 aliphatic heterocycles. The molecule has 112 valence electrons. The van der Waals surface area contributed by atoms with E-state index in [0.29, 0.717) is 12.0 Å². The van der Waals surface area contributed by atoms with E-state index in [0.717, 1.165) is 18.6 Å². The van der Waals surface area contributed by atoms with Gasteiger partial charge in [-0.25, -0.2) is 0 Å². The molecule has 0 fully saturated rings. The molecule has 6 heteroatoms. The second-order valence-electron chi connectivity index (χ2n) is 4.74. The molecule has 0 aliphatic carbocycles. The smallest absolute Gasteiger partial charge is 0.330 e. The standard InChI is InChI=1S/C14H19F3N2O/c1-3-4-10(8-18)13(20)19-12-7-11(14(15,16)17)6-5-9(12)2/h5-7,10H,3-4,8,18H2,1-2H3,(H,19,20). The van der Waals surface area contributed by atoms with Crippen LogP contribution in [0.4, 0.5) is 18.9 Å². The first kappa shape index (κ1) is 16.5. The van der Waals surface area contributed by atoms with Crippen LogP contribution in [0.15, 0.2) is 18.2 Å². The number of nitrogens with two attached hydrogens (primary N) is 1. The van der Waals surface area contributed by atoms with Gasteiger partial charge < -0.3 is 11.1 Å². The minimum Gasteiger partial charge on any atom is -0.330 e. The molecular weight excluding hydrogens is 269 g/mol. The number of anilines is 1. The van der Waals surface area contributed by atoms with Gasteiger partial charge in [0, 0.05) is 12.2 Å². The number of halogens is 3. The monoisotopic (exact) mass is 288 g/mol. The zero-order valence-electron chi connectivity index (χ0n) is 11.6. The predicted molar refractivity (Wildman–Crippen MR) is 72.3 cm³/mol. The molecule has 0 aliphatic rings. The van der Waals surface area contributed by atoms with Crippen molar-refractivity contribution in [3.05, 3.63) is 29.3 Å². The summed E-state index contributed by atoms with van der Waals surface area (Å²) in [5.74, 6) is -0.717. The summed E-state index contributed by atoms with van der Waals surface area (Å²) in [5, 5.41) is 2.54. The molecule has 1 aromatic carbocycles. The van der Waals surface area contributed by atoms with Crippen molar-refractivity contribution in [3.8, 4) is 0 Å². The zero-order valence-corrected chi connectivity index (χ0v) is 11.6. The molecule has 1 atom stereocenters. The molecular formula is C14H19F3N2O. The number of carbonyl (C=O) groups is 1. The third-order valence-electron chi connectivity index (χ3n) is 3.12. The second kappa shape index (κ2) is 6.74. The zero-order chi connectivity index (χ0) is 15.3. The van der Waals surface area contributed by atoms with Gasteiger partial charge in [-0.3, -0.25) is 4.79 Å². The minimum absolute atomic E-state index is 0.178. The largest absolute Gasteiger partial charge is 0.416 e. The van der Waals surface area contributed by atoms with E-state index in [1.54, 1.807) is 6.92 Å². The molecule has 0 bridgehead atoms. The van der Waals surface area contributed by atoms with Crippen LogP contribution in [0.3, 0.4) is 0 Å². The maximum atomic E-state index is 12.6. The molecule has 20 heavy (non-hydrogen) atoms. The Balaban J connectivity index is 2.94. The highest BCUT2D eigenvalue weighted by Gasteiger charge is 2.31. The third-order valence-corrected chi connectivity index (χ3v) is 3.12. The van der Waals surface area contributed by atoms with Crippen LogP contribution in [0.1, 0.15) is 30.9 Å². The molecule has 1 unspecified atom stereocenters. The highest BCUT2D eigenvalue weighted by atomic mass is 19.4. The normalized spacial score (nSPS) is 13.1. The molecule has 0 aromatic heterocycles. The Kier molecular flexibility index (Phi) is 5.56. The van der Waals surface area contributed by atoms with Gasteiger partial charge in [-0.15, -0.1) is 0 Å². The molecule has 3 nitrogen and oxygen atoms in total. The topological polar surface area (TPSA) is 55.1 Å². The Morgan fingerprint density at radius 2 is 2.05 bits per heavy atom. The van der Waals surface area contributed by atoms with Crippen LogP contribution in [-0.4, -0.2) is 12.5 Å². The number of nitrogens with one attached hydrogen (secondary N) is 1. The van der Waals surface area contributed by atoms with Crippen LogP contribution in [0.2, 0.25) is 0 Å². The highest BCUT2D eigenvalue weighted by Crippen LogP contribution is 2.32. The number of aryl methyl sites for hydroxylation is 1. The Labute approximate surface area is 116 Å². The van der Waals surface area contributed by atoms with Crippen LogP contribution in [0.5, 0.6) is 0 Å². The first-order chi connectivity index (χ1) is 9.29. The van der Waals surface area contributed by atoms with E-state index in [-0.39, 0.29) is 24.1 Å². The first-order valence-corrected chi connectivity index (χ1v) is 6.48. The van der Waals surface area contributed by atoms with E-state index in [1.165, 1.54) is 6.07 Å². The van der Waals surface area contributed by atoms with Crippen LogP contribution in [-0.2, 0) is 11.0 Å². The number of alkyl halides is 3. The SMILES string of the molecule is CCCC(CN)C(=O)Nc1cc(C(F)(F)F)ccc1C. The van der Waals surface area contributed by atoms with Gasteiger partial charge in [0.15, 0.2) is 0 Å². The van der Waals surface area contributed by atoms with Crippen LogP contribution >= 0.6 is 0 Å². The Bertz CT molecular complexity index is 472. The van der Waals surface area contributed by atoms with Crippen LogP contribution < -0.4 is 11.1 Å². The quantitative estimate of drug-likeness (QED) is 0.873. The lowest BCUT2D eigenvalue weighted by molar-refractivity contribution is -0.137. The van der Waals surface area contributed by atoms with Gasteiger partial charge in [0.2, 0.25) is 5.91 Å². The first-order valence-electron chi connectivity index (χ1n) is 6.48. The fraction of sp³-hybridized carbons (Fsp3) is 0.500. The summed E-state index contributed by atoms with van der Waals surface area (Å²) in [6, 6.07) is 3.29. The summed E-state index contributed by atoms with van der Waals surface area (Å²) in [6.07, 6.45) is -3.03. The molecule has 0 spiro atoms. The molecule has 1 rings (SSSR count).